The number of piperidine rings is 1. The molecule has 0 aliphatic carbocycles. The fourth-order valence-corrected chi connectivity index (χ4v) is 5.01. The predicted octanol–water partition coefficient (Wildman–Crippen LogP) is 3.31. The molecule has 7 nitrogen and oxygen atoms in total. The topological polar surface area (TPSA) is 73.7 Å². The molecule has 3 aromatic rings. The number of aromatic amines is 1. The van der Waals surface area contributed by atoms with Gasteiger partial charge in [-0.3, -0.25) is 19.6 Å². The summed E-state index contributed by atoms with van der Waals surface area (Å²) in [5, 5.41) is 4.10. The number of halogens is 1. The summed E-state index contributed by atoms with van der Waals surface area (Å²) < 4.78 is 1.54. The maximum atomic E-state index is 13.2. The van der Waals surface area contributed by atoms with E-state index in [1.54, 1.807) is 9.42 Å². The molecule has 2 aromatic heterocycles. The minimum Gasteiger partial charge on any atom is -0.338 e. The number of nitrogens with zero attached hydrogens (tertiary/aromatic N) is 4. The van der Waals surface area contributed by atoms with Crippen LogP contribution in [0.4, 0.5) is 0 Å². The molecule has 2 aliphatic heterocycles. The van der Waals surface area contributed by atoms with Gasteiger partial charge in [0.05, 0.1) is 29.5 Å². The second-order valence-corrected chi connectivity index (χ2v) is 8.92. The Kier molecular flexibility index (Phi) is 5.32. The molecule has 1 atom stereocenters. The number of benzene rings is 1. The molecule has 0 bridgehead atoms. The molecule has 1 aromatic carbocycles. The Morgan fingerprint density at radius 2 is 2.10 bits per heavy atom. The maximum Gasteiger partial charge on any atom is 0.277 e. The molecule has 0 radical (unpaired) electrons. The van der Waals surface area contributed by atoms with Crippen LogP contribution in [0.3, 0.4) is 0 Å². The fourth-order valence-electron chi connectivity index (χ4n) is 4.82. The van der Waals surface area contributed by atoms with Gasteiger partial charge in [-0.05, 0) is 31.0 Å². The lowest BCUT2D eigenvalue weighted by Gasteiger charge is -2.35. The van der Waals surface area contributed by atoms with Crippen LogP contribution in [0, 0.1) is 0 Å². The first-order valence-corrected chi connectivity index (χ1v) is 11.3. The Morgan fingerprint density at radius 1 is 1.26 bits per heavy atom. The van der Waals surface area contributed by atoms with Gasteiger partial charge in [-0.2, -0.15) is 0 Å². The Hall–Kier alpha value is -2.64. The van der Waals surface area contributed by atoms with Crippen LogP contribution in [-0.4, -0.2) is 43.4 Å². The molecule has 8 heteroatoms. The van der Waals surface area contributed by atoms with Crippen LogP contribution in [0.2, 0.25) is 5.02 Å². The maximum absolute atomic E-state index is 13.2. The minimum atomic E-state index is -0.106. The third-order valence-corrected chi connectivity index (χ3v) is 6.90. The van der Waals surface area contributed by atoms with Crippen molar-refractivity contribution in [2.45, 2.75) is 51.7 Å². The van der Waals surface area contributed by atoms with Crippen molar-refractivity contribution in [3.63, 3.8) is 0 Å². The molecule has 0 saturated carbocycles. The summed E-state index contributed by atoms with van der Waals surface area (Å²) in [6.07, 6.45) is 3.92. The third-order valence-electron chi connectivity index (χ3n) is 6.53. The Morgan fingerprint density at radius 3 is 2.90 bits per heavy atom. The number of carbonyl (C=O) groups excluding carboxylic acids is 1. The zero-order valence-corrected chi connectivity index (χ0v) is 18.4. The van der Waals surface area contributed by atoms with Gasteiger partial charge in [0.25, 0.3) is 5.56 Å². The highest BCUT2D eigenvalue weighted by atomic mass is 35.5. The van der Waals surface area contributed by atoms with E-state index < -0.39 is 0 Å². The number of aromatic nitrogens is 3. The molecule has 0 unspecified atom stereocenters. The number of H-pyrrole nitrogens is 1. The molecule has 1 saturated heterocycles. The SMILES string of the molecule is CC(=O)N1CCc2nc3cc([C@@H]4CCCCN4Cc4ccccc4Cl)[nH]n3c(=O)c2C1. The second-order valence-electron chi connectivity index (χ2n) is 8.51. The molecule has 31 heavy (non-hydrogen) atoms. The average molecular weight is 440 g/mol. The molecule has 0 spiro atoms. The molecular weight excluding hydrogens is 414 g/mol. The van der Waals surface area contributed by atoms with Crippen molar-refractivity contribution in [3.05, 3.63) is 68.2 Å². The van der Waals surface area contributed by atoms with E-state index in [0.29, 0.717) is 30.7 Å². The van der Waals surface area contributed by atoms with E-state index in [2.05, 4.69) is 16.1 Å². The smallest absolute Gasteiger partial charge is 0.277 e. The standard InChI is InChI=1S/C23H26ClN5O2/c1-15(30)27-11-9-19-17(14-27)23(31)29-22(25-19)12-20(26-29)21-8-4-5-10-28(21)13-16-6-2-3-7-18(16)24/h2-3,6-7,12,21,26H,4-5,8-11,13-14H2,1H3/t21-/m0/s1. The van der Waals surface area contributed by atoms with E-state index in [4.69, 9.17) is 16.6 Å². The first-order valence-electron chi connectivity index (χ1n) is 10.9. The van der Waals surface area contributed by atoms with E-state index in [0.717, 1.165) is 54.3 Å². The van der Waals surface area contributed by atoms with Crippen LogP contribution in [-0.2, 0) is 24.3 Å². The van der Waals surface area contributed by atoms with Crippen molar-refractivity contribution in [2.75, 3.05) is 13.1 Å². The number of hydrogen-bond donors (Lipinski definition) is 1. The summed E-state index contributed by atoms with van der Waals surface area (Å²) in [7, 11) is 0. The molecule has 5 rings (SSSR count). The van der Waals surface area contributed by atoms with Gasteiger partial charge in [-0.25, -0.2) is 9.50 Å². The van der Waals surface area contributed by atoms with Crippen molar-refractivity contribution in [1.82, 2.24) is 24.4 Å². The highest BCUT2D eigenvalue weighted by Gasteiger charge is 2.28. The van der Waals surface area contributed by atoms with Gasteiger partial charge in [-0.1, -0.05) is 36.2 Å². The van der Waals surface area contributed by atoms with Gasteiger partial charge >= 0.3 is 0 Å². The Labute approximate surface area is 185 Å². The number of amides is 1. The van der Waals surface area contributed by atoms with Crippen molar-refractivity contribution in [2.24, 2.45) is 0 Å². The van der Waals surface area contributed by atoms with Crippen molar-refractivity contribution in [1.29, 1.82) is 0 Å². The number of hydrogen-bond acceptors (Lipinski definition) is 4. The summed E-state index contributed by atoms with van der Waals surface area (Å²) in [5.74, 6) is -0.0141. The quantitative estimate of drug-likeness (QED) is 0.679. The molecule has 1 N–H and O–H groups in total. The van der Waals surface area contributed by atoms with E-state index in [1.807, 2.05) is 24.3 Å². The first-order chi connectivity index (χ1) is 15.0. The Balaban J connectivity index is 1.49. The van der Waals surface area contributed by atoms with Gasteiger partial charge in [0.15, 0.2) is 5.65 Å². The highest BCUT2D eigenvalue weighted by molar-refractivity contribution is 6.31. The number of nitrogens with one attached hydrogen (secondary N) is 1. The zero-order chi connectivity index (χ0) is 21.5. The first kappa shape index (κ1) is 20.3. The molecular formula is C23H26ClN5O2. The van der Waals surface area contributed by atoms with E-state index in [9.17, 15) is 9.59 Å². The van der Waals surface area contributed by atoms with Gasteiger partial charge < -0.3 is 4.90 Å². The molecule has 162 valence electrons. The summed E-state index contributed by atoms with van der Waals surface area (Å²) >= 11 is 6.41. The lowest BCUT2D eigenvalue weighted by molar-refractivity contribution is -0.129. The number of rotatable bonds is 3. The van der Waals surface area contributed by atoms with Crippen LogP contribution in [0.15, 0.2) is 35.1 Å². The van der Waals surface area contributed by atoms with Gasteiger partial charge in [0.2, 0.25) is 5.91 Å². The normalized spacial score (nSPS) is 19.5. The molecule has 1 fully saturated rings. The summed E-state index contributed by atoms with van der Waals surface area (Å²) in [4.78, 5) is 33.8. The van der Waals surface area contributed by atoms with Crippen LogP contribution < -0.4 is 5.56 Å². The van der Waals surface area contributed by atoms with E-state index in [1.165, 1.54) is 6.92 Å². The largest absolute Gasteiger partial charge is 0.338 e. The van der Waals surface area contributed by atoms with Crippen molar-refractivity contribution in [3.8, 4) is 0 Å². The summed E-state index contributed by atoms with van der Waals surface area (Å²) in [6, 6.07) is 10.1. The minimum absolute atomic E-state index is 0.0141. The predicted molar refractivity (Wildman–Crippen MR) is 119 cm³/mol. The summed E-state index contributed by atoms with van der Waals surface area (Å²) in [5.41, 5.74) is 4.09. The fraction of sp³-hybridized carbons (Fsp3) is 0.435. The van der Waals surface area contributed by atoms with Crippen LogP contribution in [0.1, 0.15) is 54.7 Å². The van der Waals surface area contributed by atoms with Crippen molar-refractivity contribution >= 4 is 23.2 Å². The number of likely N-dealkylation sites (tertiary alicyclic amines) is 1. The van der Waals surface area contributed by atoms with Crippen LogP contribution >= 0.6 is 11.6 Å². The molecule has 4 heterocycles. The Bertz CT molecular complexity index is 1200. The monoisotopic (exact) mass is 439 g/mol. The third kappa shape index (κ3) is 3.77. The van der Waals surface area contributed by atoms with Gasteiger partial charge in [0.1, 0.15) is 0 Å². The van der Waals surface area contributed by atoms with E-state index >= 15 is 0 Å². The summed E-state index contributed by atoms with van der Waals surface area (Å²) in [6.45, 7) is 4.23. The van der Waals surface area contributed by atoms with Crippen LogP contribution in [0.5, 0.6) is 0 Å². The second kappa shape index (κ2) is 8.13. The average Bonchev–Trinajstić information content (AvgIpc) is 3.20. The van der Waals surface area contributed by atoms with Crippen LogP contribution in [0.25, 0.3) is 5.65 Å². The van der Waals surface area contributed by atoms with Gasteiger partial charge in [0, 0.05) is 37.5 Å². The molecule has 1 amide bonds. The lowest BCUT2D eigenvalue weighted by Crippen LogP contribution is -2.39. The van der Waals surface area contributed by atoms with Gasteiger partial charge in [-0.15, -0.1) is 0 Å². The number of fused-ring (bicyclic) bond motifs is 2. The molecule has 2 aliphatic rings. The van der Waals surface area contributed by atoms with E-state index in [-0.39, 0.29) is 17.5 Å². The van der Waals surface area contributed by atoms with Crippen molar-refractivity contribution < 1.29 is 4.79 Å². The lowest BCUT2D eigenvalue weighted by atomic mass is 9.98. The zero-order valence-electron chi connectivity index (χ0n) is 17.6. The number of carbonyl (C=O) groups is 1. The highest BCUT2D eigenvalue weighted by Crippen LogP contribution is 2.33.